The first-order valence-electron chi connectivity index (χ1n) is 18.6. The van der Waals surface area contributed by atoms with Crippen molar-refractivity contribution in [3.05, 3.63) is 31.2 Å². The van der Waals surface area contributed by atoms with Crippen LogP contribution in [-0.4, -0.2) is 102 Å². The van der Waals surface area contributed by atoms with Gasteiger partial charge in [0.2, 0.25) is 0 Å². The quantitative estimate of drug-likeness (QED) is 0.114. The van der Waals surface area contributed by atoms with Gasteiger partial charge in [0.1, 0.15) is 53.7 Å². The molecule has 4 unspecified atom stereocenters. The number of carbonyl (C=O) groups excluding carboxylic acids is 2. The summed E-state index contributed by atoms with van der Waals surface area (Å²) < 4.78 is 107. The highest BCUT2D eigenvalue weighted by atomic mass is 32.7. The molecule has 0 amide bonds. The van der Waals surface area contributed by atoms with Gasteiger partial charge in [0.15, 0.2) is 29.5 Å². The topological polar surface area (TPSA) is 259 Å². The van der Waals surface area contributed by atoms with Crippen molar-refractivity contribution in [2.45, 2.75) is 90.9 Å². The molecule has 26 heteroatoms. The Morgan fingerprint density at radius 2 is 1.40 bits per heavy atom. The lowest BCUT2D eigenvalue weighted by molar-refractivity contribution is -0.151. The number of pyridine rings is 1. The molecule has 2 aliphatic heterocycles. The minimum atomic E-state index is -4.58. The van der Waals surface area contributed by atoms with Gasteiger partial charge in [0, 0.05) is 34.9 Å². The summed E-state index contributed by atoms with van der Waals surface area (Å²) in [5, 5.41) is 0. The molecule has 4 N–H and O–H groups in total. The molecule has 6 heterocycles. The third-order valence-corrected chi connectivity index (χ3v) is 16.5. The third kappa shape index (κ3) is 9.17. The first kappa shape index (κ1) is 44.6. The summed E-state index contributed by atoms with van der Waals surface area (Å²) in [5.41, 5.74) is 11.3. The van der Waals surface area contributed by atoms with Gasteiger partial charge in [-0.25, -0.2) is 42.8 Å². The molecular formula is C34H45F2N9O11P2S2. The van der Waals surface area contributed by atoms with E-state index in [1.54, 1.807) is 41.5 Å². The summed E-state index contributed by atoms with van der Waals surface area (Å²) in [6, 6.07) is 0.441. The second-order valence-corrected chi connectivity index (χ2v) is 24.3. The highest BCUT2D eigenvalue weighted by Crippen LogP contribution is 2.67. The number of halogens is 2. The molecule has 0 spiro atoms. The number of imidazole rings is 2. The molecule has 60 heavy (non-hydrogen) atoms. The lowest BCUT2D eigenvalue weighted by Gasteiger charge is -2.31. The molecule has 7 rings (SSSR count). The van der Waals surface area contributed by atoms with Crippen molar-refractivity contribution in [1.29, 1.82) is 0 Å². The van der Waals surface area contributed by atoms with Crippen LogP contribution in [0.25, 0.3) is 22.3 Å². The zero-order valence-corrected chi connectivity index (χ0v) is 36.7. The number of carbonyl (C=O) groups is 2. The fourth-order valence-corrected chi connectivity index (χ4v) is 12.3. The number of hydrogen-bond donors (Lipinski definition) is 2. The van der Waals surface area contributed by atoms with E-state index in [0.29, 0.717) is 22.8 Å². The lowest BCUT2D eigenvalue weighted by atomic mass is 9.98. The molecule has 3 fully saturated rings. The van der Waals surface area contributed by atoms with E-state index in [1.165, 1.54) is 40.4 Å². The van der Waals surface area contributed by atoms with E-state index in [2.05, 4.69) is 24.9 Å². The van der Waals surface area contributed by atoms with Crippen LogP contribution in [0.5, 0.6) is 0 Å². The number of ether oxygens (including phenoxy) is 3. The maximum Gasteiger partial charge on any atom is 0.392 e. The van der Waals surface area contributed by atoms with E-state index in [1.807, 2.05) is 0 Å². The summed E-state index contributed by atoms with van der Waals surface area (Å²) in [6.07, 6.45) is -5.30. The SMILES string of the molecule is CC(C)(C)C(=O)OCSP1(=O)OC[C@H]2O[C@@H](n3cnc4c(N)ccnc43)C(F)[C@H]2OP(=O)(SCOC(=O)C(C)(C)C)OC[C@H]2C[C@@H](n3cnc4c(N)ncnc43)C(F)[C@H]2O1. The average molecular weight is 920 g/mol. The van der Waals surface area contributed by atoms with Crippen molar-refractivity contribution >= 4 is 82.1 Å². The highest BCUT2D eigenvalue weighted by molar-refractivity contribution is 8.55. The van der Waals surface area contributed by atoms with Crippen molar-refractivity contribution in [2.24, 2.45) is 16.7 Å². The smallest absolute Gasteiger partial charge is 0.392 e. The van der Waals surface area contributed by atoms with E-state index < -0.39 is 110 Å². The van der Waals surface area contributed by atoms with Crippen LogP contribution in [0, 0.1) is 16.7 Å². The van der Waals surface area contributed by atoms with Crippen molar-refractivity contribution in [1.82, 2.24) is 34.1 Å². The molecule has 4 aromatic heterocycles. The maximum atomic E-state index is 17.0. The van der Waals surface area contributed by atoms with Gasteiger partial charge in [-0.1, -0.05) is 0 Å². The molecule has 0 radical (unpaired) electrons. The summed E-state index contributed by atoms with van der Waals surface area (Å²) in [4.78, 5) is 46.3. The summed E-state index contributed by atoms with van der Waals surface area (Å²) in [7, 11) is 0. The Hall–Kier alpha value is -3.47. The van der Waals surface area contributed by atoms with Crippen molar-refractivity contribution in [3.63, 3.8) is 0 Å². The third-order valence-electron chi connectivity index (χ3n) is 9.84. The Bertz CT molecular complexity index is 2190. The van der Waals surface area contributed by atoms with E-state index in [0.717, 1.165) is 0 Å². The number of esters is 2. The van der Waals surface area contributed by atoms with Gasteiger partial charge >= 0.3 is 25.5 Å². The van der Waals surface area contributed by atoms with Crippen LogP contribution in [0.15, 0.2) is 31.2 Å². The monoisotopic (exact) mass is 919 g/mol. The normalized spacial score (nSPS) is 31.6. The molecular weight excluding hydrogens is 875 g/mol. The van der Waals surface area contributed by atoms with Gasteiger partial charge < -0.3 is 34.8 Å². The Morgan fingerprint density at radius 3 is 2.05 bits per heavy atom. The minimum absolute atomic E-state index is 0.0578. The number of anilines is 2. The van der Waals surface area contributed by atoms with Gasteiger partial charge in [-0.3, -0.25) is 27.7 Å². The van der Waals surface area contributed by atoms with E-state index in [-0.39, 0.29) is 40.3 Å². The van der Waals surface area contributed by atoms with Crippen LogP contribution in [0.4, 0.5) is 20.3 Å². The fraction of sp³-hybridized carbons (Fsp3) is 0.618. The van der Waals surface area contributed by atoms with E-state index >= 15 is 8.78 Å². The zero-order valence-electron chi connectivity index (χ0n) is 33.3. The number of rotatable bonds is 8. The molecule has 1 aliphatic carbocycles. The number of aromatic nitrogens is 7. The molecule has 10 atom stereocenters. The summed E-state index contributed by atoms with van der Waals surface area (Å²) >= 11 is 0.940. The lowest BCUT2D eigenvalue weighted by Crippen LogP contribution is -2.35. The van der Waals surface area contributed by atoms with Crippen LogP contribution < -0.4 is 11.5 Å². The van der Waals surface area contributed by atoms with Gasteiger partial charge in [0.25, 0.3) is 0 Å². The second-order valence-electron chi connectivity index (χ2n) is 16.3. The number of nitrogen functional groups attached to an aromatic ring is 2. The van der Waals surface area contributed by atoms with Crippen LogP contribution >= 0.6 is 36.4 Å². The zero-order chi connectivity index (χ0) is 43.4. The van der Waals surface area contributed by atoms with Gasteiger partial charge in [0.05, 0.1) is 48.4 Å². The summed E-state index contributed by atoms with van der Waals surface area (Å²) in [6.45, 7) is -0.681. The summed E-state index contributed by atoms with van der Waals surface area (Å²) in [5.74, 6) is -3.28. The molecule has 20 nitrogen and oxygen atoms in total. The minimum Gasteiger partial charge on any atom is -0.454 e. The first-order valence-corrected chi connectivity index (χ1v) is 24.9. The molecule has 1 saturated carbocycles. The number of hydrogen-bond acceptors (Lipinski definition) is 20. The number of alkyl halides is 2. The van der Waals surface area contributed by atoms with E-state index in [9.17, 15) is 18.7 Å². The Labute approximate surface area is 350 Å². The molecule has 0 aromatic carbocycles. The van der Waals surface area contributed by atoms with E-state index in [4.69, 9.17) is 43.8 Å². The number of fused-ring (bicyclic) bond motifs is 4. The van der Waals surface area contributed by atoms with Gasteiger partial charge in [-0.05, 0) is 54.0 Å². The van der Waals surface area contributed by atoms with Crippen molar-refractivity contribution in [2.75, 3.05) is 36.6 Å². The van der Waals surface area contributed by atoms with Crippen molar-refractivity contribution < 1.29 is 59.8 Å². The van der Waals surface area contributed by atoms with Crippen LogP contribution in [0.3, 0.4) is 0 Å². The Kier molecular flexibility index (Phi) is 12.6. The number of nitrogens with two attached hydrogens (primary N) is 2. The molecule has 3 aliphatic rings. The van der Waals surface area contributed by atoms with Crippen LogP contribution in [0.2, 0.25) is 0 Å². The van der Waals surface area contributed by atoms with Crippen LogP contribution in [-0.2, 0) is 51.0 Å². The molecule has 328 valence electrons. The standard InChI is InChI=1S/C34H45F2N9O11P2S2/c1-33(2,3)31(46)50-15-59-57(48)52-10-17-9-19(44-13-43-24-27(38)40-12-41-29(24)44)21(35)25(17)55-58(49,60-16-51-32(47)34(4,5)6)53-11-20-26(56-57)22(36)30(54-20)45-14-42-23-18(37)7-8-39-28(23)45/h7-8,12-14,17,19-22,25-26,30H,9-11,15-16H2,1-6H3,(H2,37,39)(H2,38,40,41)/t17-,19-,20-,21?,22?,25+,26+,30-,57?,58?/m1/s1. The molecule has 4 aromatic rings. The van der Waals surface area contributed by atoms with Gasteiger partial charge in [-0.15, -0.1) is 0 Å². The predicted molar refractivity (Wildman–Crippen MR) is 215 cm³/mol. The highest BCUT2D eigenvalue weighted by Gasteiger charge is 2.55. The Morgan fingerprint density at radius 1 is 0.817 bits per heavy atom. The number of nitrogens with zero attached hydrogens (tertiary/aromatic N) is 7. The Balaban J connectivity index is 1.24. The first-order chi connectivity index (χ1) is 28.2. The fourth-order valence-electron chi connectivity index (χ4n) is 6.63. The van der Waals surface area contributed by atoms with Gasteiger partial charge in [-0.2, -0.15) is 0 Å². The average Bonchev–Trinajstić information content (AvgIpc) is 3.94. The maximum absolute atomic E-state index is 17.0. The largest absolute Gasteiger partial charge is 0.454 e. The molecule has 0 bridgehead atoms. The predicted octanol–water partition coefficient (Wildman–Crippen LogP) is 6.16. The van der Waals surface area contributed by atoms with Crippen LogP contribution in [0.1, 0.15) is 60.2 Å². The molecule has 2 saturated heterocycles. The second kappa shape index (κ2) is 17.0. The van der Waals surface area contributed by atoms with Crippen molar-refractivity contribution in [3.8, 4) is 0 Å².